The van der Waals surface area contributed by atoms with Crippen LogP contribution in [0.4, 0.5) is 0 Å². The predicted molar refractivity (Wildman–Crippen MR) is 54.4 cm³/mol. The van der Waals surface area contributed by atoms with E-state index in [0.717, 1.165) is 25.7 Å². The van der Waals surface area contributed by atoms with Crippen LogP contribution in [0.3, 0.4) is 0 Å². The molecule has 2 unspecified atom stereocenters. The Bertz CT molecular complexity index is 252. The Hall–Kier alpha value is -1.01. The maximum Gasteiger partial charge on any atom is 0.296 e. The maximum atomic E-state index is 11.2. The van der Waals surface area contributed by atoms with Gasteiger partial charge in [-0.15, -0.1) is 0 Å². The summed E-state index contributed by atoms with van der Waals surface area (Å²) in [7, 11) is 0. The molecule has 1 aliphatic carbocycles. The summed E-state index contributed by atoms with van der Waals surface area (Å²) in [4.78, 5) is 11.2. The van der Waals surface area contributed by atoms with E-state index in [1.807, 2.05) is 0 Å². The number of hydrogen-bond donors (Lipinski definition) is 2. The van der Waals surface area contributed by atoms with E-state index in [-0.39, 0.29) is 24.5 Å². The topological polar surface area (TPSA) is 49.3 Å². The van der Waals surface area contributed by atoms with Gasteiger partial charge in [0.15, 0.2) is 0 Å². The molecule has 0 radical (unpaired) electrons. The number of rotatable bonds is 2. The highest BCUT2D eigenvalue weighted by molar-refractivity contribution is 5.93. The minimum atomic E-state index is -0.224. The Morgan fingerprint density at radius 1 is 1.50 bits per heavy atom. The number of aliphatic hydroxyl groups excluding tert-OH is 1. The fraction of sp³-hybridized carbons (Fsp3) is 0.727. The number of aliphatic hydroxyl groups is 1. The van der Waals surface area contributed by atoms with Crippen molar-refractivity contribution in [3.63, 3.8) is 0 Å². The molecule has 0 aliphatic heterocycles. The largest absolute Gasteiger partial charge is 0.396 e. The van der Waals surface area contributed by atoms with Gasteiger partial charge < -0.3 is 10.4 Å². The van der Waals surface area contributed by atoms with Gasteiger partial charge >= 0.3 is 0 Å². The maximum absolute atomic E-state index is 11.2. The van der Waals surface area contributed by atoms with E-state index in [2.05, 4.69) is 17.2 Å². The third kappa shape index (κ3) is 3.04. The van der Waals surface area contributed by atoms with E-state index >= 15 is 0 Å². The zero-order valence-corrected chi connectivity index (χ0v) is 8.55. The normalized spacial score (nSPS) is 26.1. The van der Waals surface area contributed by atoms with Crippen molar-refractivity contribution in [1.29, 1.82) is 0 Å². The van der Waals surface area contributed by atoms with Gasteiger partial charge in [-0.2, -0.15) is 0 Å². The highest BCUT2D eigenvalue weighted by atomic mass is 16.3. The van der Waals surface area contributed by atoms with E-state index in [0.29, 0.717) is 0 Å². The van der Waals surface area contributed by atoms with Crippen LogP contribution in [-0.2, 0) is 4.79 Å². The van der Waals surface area contributed by atoms with Gasteiger partial charge in [-0.05, 0) is 25.7 Å². The van der Waals surface area contributed by atoms with Gasteiger partial charge in [0, 0.05) is 18.6 Å². The molecule has 0 bridgehead atoms. The Kier molecular flexibility index (Phi) is 4.48. The van der Waals surface area contributed by atoms with Crippen LogP contribution in [0.1, 0.15) is 32.6 Å². The Balaban J connectivity index is 2.46. The molecule has 78 valence electrons. The molecule has 0 aromatic heterocycles. The van der Waals surface area contributed by atoms with Crippen LogP contribution in [0.15, 0.2) is 0 Å². The second-order valence-corrected chi connectivity index (χ2v) is 3.68. The first-order valence-corrected chi connectivity index (χ1v) is 5.12. The van der Waals surface area contributed by atoms with Gasteiger partial charge in [-0.3, -0.25) is 4.79 Å². The lowest BCUT2D eigenvalue weighted by molar-refractivity contribution is -0.117. The number of carbonyl (C=O) groups is 1. The Morgan fingerprint density at radius 2 is 2.21 bits per heavy atom. The van der Waals surface area contributed by atoms with E-state index < -0.39 is 0 Å². The third-order valence-electron chi connectivity index (χ3n) is 2.70. The molecule has 0 saturated heterocycles. The smallest absolute Gasteiger partial charge is 0.296 e. The molecule has 14 heavy (non-hydrogen) atoms. The van der Waals surface area contributed by atoms with Crippen molar-refractivity contribution >= 4 is 5.91 Å². The van der Waals surface area contributed by atoms with Gasteiger partial charge in [-0.1, -0.05) is 18.8 Å². The second kappa shape index (κ2) is 5.66. The molecule has 1 fully saturated rings. The van der Waals surface area contributed by atoms with Crippen molar-refractivity contribution in [2.45, 2.75) is 38.6 Å². The molecule has 3 nitrogen and oxygen atoms in total. The van der Waals surface area contributed by atoms with Gasteiger partial charge in [0.2, 0.25) is 0 Å². The highest BCUT2D eigenvalue weighted by Crippen LogP contribution is 2.23. The summed E-state index contributed by atoms with van der Waals surface area (Å²) in [5, 5.41) is 12.0. The molecule has 0 aromatic rings. The van der Waals surface area contributed by atoms with Crippen molar-refractivity contribution in [2.24, 2.45) is 5.92 Å². The summed E-state index contributed by atoms with van der Waals surface area (Å²) in [5.74, 6) is 5.01. The molecule has 1 amide bonds. The number of carbonyl (C=O) groups excluding carboxylic acids is 1. The molecule has 2 atom stereocenters. The fourth-order valence-corrected chi connectivity index (χ4v) is 1.93. The minimum absolute atomic E-state index is 0.113. The first-order valence-electron chi connectivity index (χ1n) is 5.12. The summed E-state index contributed by atoms with van der Waals surface area (Å²) in [6.07, 6.45) is 4.24. The third-order valence-corrected chi connectivity index (χ3v) is 2.70. The summed E-state index contributed by atoms with van der Waals surface area (Å²) in [5.41, 5.74) is 0. The molecule has 2 N–H and O–H groups in total. The molecular formula is C11H17NO2. The molecule has 3 heteroatoms. The summed E-state index contributed by atoms with van der Waals surface area (Å²) in [6, 6.07) is 0.113. The van der Waals surface area contributed by atoms with Gasteiger partial charge in [0.25, 0.3) is 5.91 Å². The van der Waals surface area contributed by atoms with E-state index in [4.69, 9.17) is 5.11 Å². The summed E-state index contributed by atoms with van der Waals surface area (Å²) < 4.78 is 0. The lowest BCUT2D eigenvalue weighted by Gasteiger charge is -2.30. The molecule has 1 rings (SSSR count). The minimum Gasteiger partial charge on any atom is -0.396 e. The Labute approximate surface area is 84.9 Å². The van der Waals surface area contributed by atoms with Crippen molar-refractivity contribution in [1.82, 2.24) is 5.32 Å². The lowest BCUT2D eigenvalue weighted by Crippen LogP contribution is -2.42. The summed E-state index contributed by atoms with van der Waals surface area (Å²) in [6.45, 7) is 1.80. The SMILES string of the molecule is CC#CC(=O)NC1CCCCC1CO. The quantitative estimate of drug-likeness (QED) is 0.636. The monoisotopic (exact) mass is 195 g/mol. The zero-order valence-electron chi connectivity index (χ0n) is 8.55. The van der Waals surface area contributed by atoms with Crippen molar-refractivity contribution < 1.29 is 9.90 Å². The highest BCUT2D eigenvalue weighted by Gasteiger charge is 2.25. The fourth-order valence-electron chi connectivity index (χ4n) is 1.93. The van der Waals surface area contributed by atoms with Crippen LogP contribution in [0.2, 0.25) is 0 Å². The molecular weight excluding hydrogens is 178 g/mol. The first kappa shape index (κ1) is 11.1. The van der Waals surface area contributed by atoms with E-state index in [1.165, 1.54) is 0 Å². The van der Waals surface area contributed by atoms with Crippen molar-refractivity contribution in [3.05, 3.63) is 0 Å². The summed E-state index contributed by atoms with van der Waals surface area (Å²) >= 11 is 0. The van der Waals surface area contributed by atoms with E-state index in [9.17, 15) is 4.79 Å². The van der Waals surface area contributed by atoms with Crippen LogP contribution in [0.25, 0.3) is 0 Å². The van der Waals surface area contributed by atoms with Gasteiger partial charge in [0.1, 0.15) is 0 Å². The lowest BCUT2D eigenvalue weighted by atomic mass is 9.85. The molecule has 0 heterocycles. The van der Waals surface area contributed by atoms with Crippen LogP contribution in [-0.4, -0.2) is 23.7 Å². The number of amides is 1. The first-order chi connectivity index (χ1) is 6.77. The van der Waals surface area contributed by atoms with Crippen molar-refractivity contribution in [3.8, 4) is 11.8 Å². The number of nitrogens with one attached hydrogen (secondary N) is 1. The zero-order chi connectivity index (χ0) is 10.4. The van der Waals surface area contributed by atoms with E-state index in [1.54, 1.807) is 6.92 Å². The van der Waals surface area contributed by atoms with Crippen LogP contribution < -0.4 is 5.32 Å². The standard InChI is InChI=1S/C11H17NO2/c1-2-5-11(14)12-10-7-4-3-6-9(10)8-13/h9-10,13H,3-4,6-8H2,1H3,(H,12,14). The second-order valence-electron chi connectivity index (χ2n) is 3.68. The molecule has 1 aliphatic rings. The average Bonchev–Trinajstić information content (AvgIpc) is 2.19. The van der Waals surface area contributed by atoms with Crippen LogP contribution in [0.5, 0.6) is 0 Å². The van der Waals surface area contributed by atoms with Crippen molar-refractivity contribution in [2.75, 3.05) is 6.61 Å². The predicted octanol–water partition coefficient (Wildman–Crippen LogP) is 0.677. The van der Waals surface area contributed by atoms with Crippen LogP contribution in [0, 0.1) is 17.8 Å². The molecule has 0 spiro atoms. The average molecular weight is 195 g/mol. The Morgan fingerprint density at radius 3 is 2.86 bits per heavy atom. The number of hydrogen-bond acceptors (Lipinski definition) is 2. The molecule has 1 saturated carbocycles. The van der Waals surface area contributed by atoms with Gasteiger partial charge in [-0.25, -0.2) is 0 Å². The molecule has 0 aromatic carbocycles. The van der Waals surface area contributed by atoms with Gasteiger partial charge in [0.05, 0.1) is 0 Å². The van der Waals surface area contributed by atoms with Crippen LogP contribution >= 0.6 is 0 Å².